The van der Waals surface area contributed by atoms with Crippen molar-refractivity contribution >= 4 is 11.8 Å². The minimum absolute atomic E-state index is 0.260. The molecule has 0 bridgehead atoms. The van der Waals surface area contributed by atoms with Gasteiger partial charge in [0.2, 0.25) is 0 Å². The molecule has 2 aromatic rings. The van der Waals surface area contributed by atoms with E-state index in [1.807, 2.05) is 0 Å². The van der Waals surface area contributed by atoms with E-state index >= 15 is 0 Å². The van der Waals surface area contributed by atoms with Crippen molar-refractivity contribution in [1.29, 1.82) is 0 Å². The molecule has 0 fully saturated rings. The zero-order valence-corrected chi connectivity index (χ0v) is 15.2. The molecule has 6 nitrogen and oxygen atoms in total. The number of hydrogen-bond donors (Lipinski definition) is 1. The molecule has 0 heterocycles. The van der Waals surface area contributed by atoms with Crippen LogP contribution < -0.4 is 15.2 Å². The molecule has 2 N–H and O–H groups in total. The summed E-state index contributed by atoms with van der Waals surface area (Å²) in [6.07, 6.45) is 0. The van der Waals surface area contributed by atoms with E-state index in [-0.39, 0.29) is 24.0 Å². The first-order valence-corrected chi connectivity index (χ1v) is 8.05. The molecule has 8 heteroatoms. The van der Waals surface area contributed by atoms with E-state index in [1.54, 1.807) is 14.0 Å². The Hall–Kier alpha value is -3.16. The van der Waals surface area contributed by atoms with Gasteiger partial charge in [-0.3, -0.25) is 9.59 Å². The topological polar surface area (TPSA) is 81.9 Å². The number of amides is 2. The summed E-state index contributed by atoms with van der Waals surface area (Å²) in [5.74, 6) is -2.39. The van der Waals surface area contributed by atoms with Crippen LogP contribution in [0.3, 0.4) is 0 Å². The second-order valence-corrected chi connectivity index (χ2v) is 5.89. The Morgan fingerprint density at radius 1 is 1.11 bits per heavy atom. The molecule has 27 heavy (non-hydrogen) atoms. The highest BCUT2D eigenvalue weighted by Crippen LogP contribution is 2.30. The van der Waals surface area contributed by atoms with Gasteiger partial charge in [-0.15, -0.1) is 0 Å². The maximum atomic E-state index is 13.5. The van der Waals surface area contributed by atoms with E-state index in [1.165, 1.54) is 36.3 Å². The monoisotopic (exact) mass is 378 g/mol. The lowest BCUT2D eigenvalue weighted by Gasteiger charge is -2.26. The Morgan fingerprint density at radius 3 is 2.41 bits per heavy atom. The summed E-state index contributed by atoms with van der Waals surface area (Å²) in [5, 5.41) is 0. The third-order valence-corrected chi connectivity index (χ3v) is 4.11. The molecule has 1 atom stereocenters. The highest BCUT2D eigenvalue weighted by Gasteiger charge is 2.21. The average Bonchev–Trinajstić information content (AvgIpc) is 2.66. The number of carbonyl (C=O) groups excluding carboxylic acids is 2. The lowest BCUT2D eigenvalue weighted by Crippen LogP contribution is -2.29. The van der Waals surface area contributed by atoms with Crippen LogP contribution in [0.25, 0.3) is 0 Å². The molecule has 2 aromatic carbocycles. The molecule has 2 amide bonds. The Labute approximate surface area is 155 Å². The Kier molecular flexibility index (Phi) is 6.33. The lowest BCUT2D eigenvalue weighted by molar-refractivity contribution is -0.119. The molecule has 0 aliphatic rings. The van der Waals surface area contributed by atoms with E-state index < -0.39 is 23.6 Å². The predicted molar refractivity (Wildman–Crippen MR) is 94.5 cm³/mol. The molecule has 0 radical (unpaired) electrons. The van der Waals surface area contributed by atoms with E-state index in [9.17, 15) is 18.4 Å². The number of primary amides is 1. The number of rotatable bonds is 7. The van der Waals surface area contributed by atoms with Gasteiger partial charge in [-0.05, 0) is 42.8 Å². The standard InChI is InChI=1S/C19H20F2N2O4/c1-11(12-4-6-14(20)15(21)8-12)23(2)19(25)13-5-7-16(17(9-13)26-3)27-10-18(22)24/h4-9,11H,10H2,1-3H3,(H2,22,24). The summed E-state index contributed by atoms with van der Waals surface area (Å²) in [6, 6.07) is 7.48. The van der Waals surface area contributed by atoms with Crippen molar-refractivity contribution in [2.24, 2.45) is 5.73 Å². The third kappa shape index (κ3) is 4.72. The SMILES string of the molecule is COc1cc(C(=O)N(C)C(C)c2ccc(F)c(F)c2)ccc1OCC(N)=O. The normalized spacial score (nSPS) is 11.6. The van der Waals surface area contributed by atoms with Gasteiger partial charge in [-0.1, -0.05) is 6.07 Å². The Bertz CT molecular complexity index is 858. The molecule has 0 saturated carbocycles. The fourth-order valence-electron chi connectivity index (χ4n) is 2.44. The first kappa shape index (κ1) is 20.2. The van der Waals surface area contributed by atoms with Crippen molar-refractivity contribution in [3.8, 4) is 11.5 Å². The van der Waals surface area contributed by atoms with Crippen molar-refractivity contribution in [3.05, 3.63) is 59.2 Å². The summed E-state index contributed by atoms with van der Waals surface area (Å²) in [7, 11) is 2.95. The van der Waals surface area contributed by atoms with Crippen LogP contribution in [-0.2, 0) is 4.79 Å². The molecule has 144 valence electrons. The Morgan fingerprint density at radius 2 is 1.81 bits per heavy atom. The predicted octanol–water partition coefficient (Wildman–Crippen LogP) is 2.67. The van der Waals surface area contributed by atoms with Gasteiger partial charge < -0.3 is 20.1 Å². The van der Waals surface area contributed by atoms with E-state index in [0.717, 1.165) is 12.1 Å². The first-order chi connectivity index (χ1) is 12.7. The summed E-state index contributed by atoms with van der Waals surface area (Å²) in [6.45, 7) is 1.38. The number of methoxy groups -OCH3 is 1. The van der Waals surface area contributed by atoms with Crippen LogP contribution in [0.4, 0.5) is 8.78 Å². The van der Waals surface area contributed by atoms with Crippen LogP contribution in [0.15, 0.2) is 36.4 Å². The summed E-state index contributed by atoms with van der Waals surface area (Å²) in [5.41, 5.74) is 5.80. The van der Waals surface area contributed by atoms with Crippen LogP contribution in [0.2, 0.25) is 0 Å². The highest BCUT2D eigenvalue weighted by molar-refractivity contribution is 5.95. The number of nitrogens with zero attached hydrogens (tertiary/aromatic N) is 1. The minimum Gasteiger partial charge on any atom is -0.493 e. The second kappa shape index (κ2) is 8.48. The van der Waals surface area contributed by atoms with Crippen LogP contribution in [-0.4, -0.2) is 37.5 Å². The van der Waals surface area contributed by atoms with Gasteiger partial charge in [0.05, 0.1) is 13.2 Å². The zero-order valence-electron chi connectivity index (χ0n) is 15.2. The Balaban J connectivity index is 2.22. The number of hydrogen-bond acceptors (Lipinski definition) is 4. The van der Waals surface area contributed by atoms with Gasteiger partial charge in [0.15, 0.2) is 29.7 Å². The summed E-state index contributed by atoms with van der Waals surface area (Å²) in [4.78, 5) is 25.0. The molecule has 0 saturated heterocycles. The fourth-order valence-corrected chi connectivity index (χ4v) is 2.44. The van der Waals surface area contributed by atoms with Gasteiger partial charge in [0.25, 0.3) is 11.8 Å². The quantitative estimate of drug-likeness (QED) is 0.803. The molecular weight excluding hydrogens is 358 g/mol. The van der Waals surface area contributed by atoms with Gasteiger partial charge in [0.1, 0.15) is 0 Å². The third-order valence-electron chi connectivity index (χ3n) is 4.11. The first-order valence-electron chi connectivity index (χ1n) is 8.05. The molecule has 0 aromatic heterocycles. The number of nitrogens with two attached hydrogens (primary N) is 1. The lowest BCUT2D eigenvalue weighted by atomic mass is 10.1. The molecular formula is C19H20F2N2O4. The summed E-state index contributed by atoms with van der Waals surface area (Å²) >= 11 is 0. The van der Waals surface area contributed by atoms with Crippen LogP contribution in [0, 0.1) is 11.6 Å². The second-order valence-electron chi connectivity index (χ2n) is 5.89. The number of ether oxygens (including phenoxy) is 2. The van der Waals surface area contributed by atoms with E-state index in [4.69, 9.17) is 15.2 Å². The van der Waals surface area contributed by atoms with E-state index in [0.29, 0.717) is 11.1 Å². The zero-order chi connectivity index (χ0) is 20.1. The van der Waals surface area contributed by atoms with Crippen LogP contribution in [0.5, 0.6) is 11.5 Å². The number of halogens is 2. The van der Waals surface area contributed by atoms with Crippen molar-refractivity contribution in [1.82, 2.24) is 4.90 Å². The molecule has 0 aliphatic carbocycles. The number of carbonyl (C=O) groups is 2. The van der Waals surface area contributed by atoms with Gasteiger partial charge in [-0.2, -0.15) is 0 Å². The van der Waals surface area contributed by atoms with E-state index in [2.05, 4.69) is 0 Å². The summed E-state index contributed by atoms with van der Waals surface area (Å²) < 4.78 is 37.0. The van der Waals surface area contributed by atoms with Crippen molar-refractivity contribution in [2.45, 2.75) is 13.0 Å². The van der Waals surface area contributed by atoms with Crippen molar-refractivity contribution in [3.63, 3.8) is 0 Å². The largest absolute Gasteiger partial charge is 0.493 e. The number of benzene rings is 2. The molecule has 2 rings (SSSR count). The molecule has 0 spiro atoms. The molecule has 0 aliphatic heterocycles. The van der Waals surface area contributed by atoms with Crippen LogP contribution in [0.1, 0.15) is 28.9 Å². The van der Waals surface area contributed by atoms with Crippen molar-refractivity contribution < 1.29 is 27.8 Å². The van der Waals surface area contributed by atoms with Gasteiger partial charge >= 0.3 is 0 Å². The maximum Gasteiger partial charge on any atom is 0.255 e. The van der Waals surface area contributed by atoms with Gasteiger partial charge in [-0.25, -0.2) is 8.78 Å². The maximum absolute atomic E-state index is 13.5. The smallest absolute Gasteiger partial charge is 0.255 e. The highest BCUT2D eigenvalue weighted by atomic mass is 19.2. The van der Waals surface area contributed by atoms with Gasteiger partial charge in [0, 0.05) is 12.6 Å². The minimum atomic E-state index is -0.974. The van der Waals surface area contributed by atoms with Crippen molar-refractivity contribution in [2.75, 3.05) is 20.8 Å². The average molecular weight is 378 g/mol. The fraction of sp³-hybridized carbons (Fsp3) is 0.263. The molecule has 1 unspecified atom stereocenters. The van der Waals surface area contributed by atoms with Crippen LogP contribution >= 0.6 is 0 Å².